The Morgan fingerprint density at radius 3 is 2.47 bits per heavy atom. The third kappa shape index (κ3) is 7.95. The van der Waals surface area contributed by atoms with E-state index in [1.54, 1.807) is 17.9 Å². The van der Waals surface area contributed by atoms with Gasteiger partial charge in [0.15, 0.2) is 0 Å². The van der Waals surface area contributed by atoms with Crippen molar-refractivity contribution in [2.45, 2.75) is 52.2 Å². The molecule has 1 fully saturated rings. The quantitative estimate of drug-likeness (QED) is 0.313. The van der Waals surface area contributed by atoms with E-state index < -0.39 is 12.0 Å². The normalized spacial score (nSPS) is 19.5. The van der Waals surface area contributed by atoms with E-state index >= 15 is 0 Å². The lowest BCUT2D eigenvalue weighted by Crippen LogP contribution is -2.59. The second-order valence-electron chi connectivity index (χ2n) is 11.8. The van der Waals surface area contributed by atoms with Gasteiger partial charge in [-0.05, 0) is 64.4 Å². The van der Waals surface area contributed by atoms with Crippen molar-refractivity contribution in [1.82, 2.24) is 25.3 Å². The fourth-order valence-corrected chi connectivity index (χ4v) is 5.36. The highest BCUT2D eigenvalue weighted by atomic mass is 16.5. The maximum atomic E-state index is 13.6. The summed E-state index contributed by atoms with van der Waals surface area (Å²) in [5, 5.41) is 6.05. The number of ether oxygens (including phenoxy) is 2. The lowest BCUT2D eigenvalue weighted by atomic mass is 9.93. The maximum Gasteiger partial charge on any atom is 0.338 e. The van der Waals surface area contributed by atoms with E-state index in [0.717, 1.165) is 0 Å². The second kappa shape index (κ2) is 13.8. The summed E-state index contributed by atoms with van der Waals surface area (Å²) in [7, 11) is 0. The summed E-state index contributed by atoms with van der Waals surface area (Å²) < 4.78 is 11.6. The summed E-state index contributed by atoms with van der Waals surface area (Å²) in [6.07, 6.45) is 1.63. The van der Waals surface area contributed by atoms with Crippen LogP contribution in [0.15, 0.2) is 78.5 Å². The Kier molecular flexibility index (Phi) is 10.1. The van der Waals surface area contributed by atoms with E-state index in [4.69, 9.17) is 9.47 Å². The van der Waals surface area contributed by atoms with Crippen LogP contribution >= 0.6 is 0 Å². The Labute approximate surface area is 254 Å². The number of piperazine rings is 1. The van der Waals surface area contributed by atoms with Crippen LogP contribution in [-0.4, -0.2) is 83.6 Å². The lowest BCUT2D eigenvalue weighted by Gasteiger charge is -2.43. The molecular formula is C33H43N5O5. The number of hydrogen-bond donors (Lipinski definition) is 2. The minimum Gasteiger partial charge on any atom is -0.463 e. The fraction of sp³-hybridized carbons (Fsp3) is 0.424. The summed E-state index contributed by atoms with van der Waals surface area (Å²) in [6.45, 7) is 15.9. The topological polar surface area (TPSA) is 103 Å². The van der Waals surface area contributed by atoms with Crippen LogP contribution in [0, 0.1) is 0 Å². The predicted molar refractivity (Wildman–Crippen MR) is 166 cm³/mol. The number of amides is 4. The molecule has 4 rings (SSSR count). The average molecular weight is 590 g/mol. The predicted octanol–water partition coefficient (Wildman–Crippen LogP) is 5.06. The van der Waals surface area contributed by atoms with Gasteiger partial charge in [0, 0.05) is 50.0 Å². The van der Waals surface area contributed by atoms with Crippen LogP contribution in [0.3, 0.4) is 0 Å². The van der Waals surface area contributed by atoms with Crippen LogP contribution in [-0.2, 0) is 9.53 Å². The lowest BCUT2D eigenvalue weighted by molar-refractivity contribution is -0.139. The monoisotopic (exact) mass is 589 g/mol. The van der Waals surface area contributed by atoms with Crippen LogP contribution in [0.4, 0.5) is 9.59 Å². The minimum atomic E-state index is -0.752. The Morgan fingerprint density at radius 1 is 1.09 bits per heavy atom. The van der Waals surface area contributed by atoms with Gasteiger partial charge in [-0.1, -0.05) is 36.4 Å². The van der Waals surface area contributed by atoms with Crippen molar-refractivity contribution < 1.29 is 23.9 Å². The first-order valence-corrected chi connectivity index (χ1v) is 14.7. The number of carbonyl (C=O) groups is 3. The number of urea groups is 2. The van der Waals surface area contributed by atoms with Gasteiger partial charge < -0.3 is 25.0 Å². The molecule has 2 atom stereocenters. The molecule has 0 bridgehead atoms. The first-order valence-electron chi connectivity index (χ1n) is 14.7. The molecule has 43 heavy (non-hydrogen) atoms. The molecule has 0 saturated carbocycles. The Hall–Kier alpha value is -4.31. The molecule has 2 aliphatic rings. The standard InChI is InChI=1S/C33H43N5O5/c1-7-17-38-27(22-36-18-19-37(23(3)21-36)32(41)35-33(4,5)6)28(30(39)42-8-2)29(34-31(38)40)24-13-12-16-26(20-24)43-25-14-10-9-11-15-25/h7,9-16,20,23,29H,1,8,17-19,21-22H2,2-6H3,(H,34,40)(H,35,41)/t23-,29+/m0/s1. The van der Waals surface area contributed by atoms with Crippen LogP contribution in [0.1, 0.15) is 46.2 Å². The summed E-state index contributed by atoms with van der Waals surface area (Å²) in [4.78, 5) is 45.6. The Balaban J connectivity index is 1.67. The molecule has 1 saturated heterocycles. The smallest absolute Gasteiger partial charge is 0.338 e. The molecule has 2 aromatic rings. The van der Waals surface area contributed by atoms with E-state index in [1.165, 1.54) is 0 Å². The molecule has 0 aliphatic carbocycles. The highest BCUT2D eigenvalue weighted by molar-refractivity contribution is 5.95. The van der Waals surface area contributed by atoms with Gasteiger partial charge in [0.05, 0.1) is 18.2 Å². The van der Waals surface area contributed by atoms with Crippen LogP contribution in [0.25, 0.3) is 0 Å². The number of nitrogens with one attached hydrogen (secondary N) is 2. The zero-order valence-corrected chi connectivity index (χ0v) is 25.8. The van der Waals surface area contributed by atoms with Crippen molar-refractivity contribution in [1.29, 1.82) is 0 Å². The van der Waals surface area contributed by atoms with E-state index in [-0.39, 0.29) is 36.8 Å². The Bertz CT molecular complexity index is 1350. The third-order valence-electron chi connectivity index (χ3n) is 7.24. The number of carbonyl (C=O) groups excluding carboxylic acids is 3. The maximum absolute atomic E-state index is 13.6. The highest BCUT2D eigenvalue weighted by Crippen LogP contribution is 2.34. The number of nitrogens with zero attached hydrogens (tertiary/aromatic N) is 3. The van der Waals surface area contributed by atoms with Crippen molar-refractivity contribution in [3.8, 4) is 11.5 Å². The number of rotatable bonds is 9. The molecule has 2 aliphatic heterocycles. The minimum absolute atomic E-state index is 0.0735. The molecule has 2 aromatic carbocycles. The fourth-order valence-electron chi connectivity index (χ4n) is 5.36. The second-order valence-corrected chi connectivity index (χ2v) is 11.8. The molecule has 2 heterocycles. The molecule has 0 radical (unpaired) electrons. The third-order valence-corrected chi connectivity index (χ3v) is 7.24. The zero-order chi connectivity index (χ0) is 31.1. The first kappa shape index (κ1) is 31.6. The Morgan fingerprint density at radius 2 is 1.81 bits per heavy atom. The molecule has 10 nitrogen and oxygen atoms in total. The summed E-state index contributed by atoms with van der Waals surface area (Å²) in [5.74, 6) is 0.757. The summed E-state index contributed by atoms with van der Waals surface area (Å²) in [5.41, 5.74) is 1.27. The molecule has 4 amide bonds. The van der Waals surface area contributed by atoms with Gasteiger partial charge in [0.1, 0.15) is 11.5 Å². The SMILES string of the molecule is C=CCN1C(=O)N[C@H](c2cccc(Oc3ccccc3)c2)C(C(=O)OCC)=C1CN1CCN(C(=O)NC(C)(C)C)[C@@H](C)C1. The van der Waals surface area contributed by atoms with Crippen LogP contribution < -0.4 is 15.4 Å². The van der Waals surface area contributed by atoms with Crippen LogP contribution in [0.5, 0.6) is 11.5 Å². The van der Waals surface area contributed by atoms with Gasteiger partial charge in [-0.15, -0.1) is 6.58 Å². The van der Waals surface area contributed by atoms with Crippen molar-refractivity contribution in [3.63, 3.8) is 0 Å². The average Bonchev–Trinajstić information content (AvgIpc) is 2.94. The summed E-state index contributed by atoms with van der Waals surface area (Å²) in [6, 6.07) is 15.5. The van der Waals surface area contributed by atoms with Crippen molar-refractivity contribution >= 4 is 18.0 Å². The van der Waals surface area contributed by atoms with Crippen molar-refractivity contribution in [2.75, 3.05) is 39.3 Å². The molecule has 0 aromatic heterocycles. The number of hydrogen-bond acceptors (Lipinski definition) is 6. The van der Waals surface area contributed by atoms with Crippen LogP contribution in [0.2, 0.25) is 0 Å². The highest BCUT2D eigenvalue weighted by Gasteiger charge is 2.39. The number of esters is 1. The molecule has 2 N–H and O–H groups in total. The van der Waals surface area contributed by atoms with Gasteiger partial charge in [-0.2, -0.15) is 0 Å². The van der Waals surface area contributed by atoms with Gasteiger partial charge in [-0.3, -0.25) is 9.80 Å². The molecule has 10 heteroatoms. The number of para-hydroxylation sites is 1. The first-order chi connectivity index (χ1) is 20.5. The molecule has 0 spiro atoms. The molecule has 0 unspecified atom stereocenters. The molecular weight excluding hydrogens is 546 g/mol. The van der Waals surface area contributed by atoms with Gasteiger partial charge in [0.25, 0.3) is 0 Å². The van der Waals surface area contributed by atoms with E-state index in [0.29, 0.717) is 54.5 Å². The number of benzene rings is 2. The van der Waals surface area contributed by atoms with Gasteiger partial charge in [0.2, 0.25) is 0 Å². The van der Waals surface area contributed by atoms with E-state index in [9.17, 15) is 14.4 Å². The van der Waals surface area contributed by atoms with Crippen molar-refractivity contribution in [3.05, 3.63) is 84.1 Å². The van der Waals surface area contributed by atoms with Crippen molar-refractivity contribution in [2.24, 2.45) is 0 Å². The summed E-state index contributed by atoms with van der Waals surface area (Å²) >= 11 is 0. The zero-order valence-electron chi connectivity index (χ0n) is 25.8. The van der Waals surface area contributed by atoms with E-state index in [1.807, 2.05) is 87.2 Å². The van der Waals surface area contributed by atoms with Gasteiger partial charge in [-0.25, -0.2) is 14.4 Å². The molecule has 230 valence electrons. The largest absolute Gasteiger partial charge is 0.463 e. The van der Waals surface area contributed by atoms with Gasteiger partial charge >= 0.3 is 18.0 Å². The van der Waals surface area contributed by atoms with E-state index in [2.05, 4.69) is 22.1 Å².